The van der Waals surface area contributed by atoms with Crippen molar-refractivity contribution in [3.63, 3.8) is 0 Å². The van der Waals surface area contributed by atoms with Crippen molar-refractivity contribution in [1.29, 1.82) is 0 Å². The molecule has 1 N–H and O–H groups in total. The lowest BCUT2D eigenvalue weighted by Crippen LogP contribution is -2.34. The molecule has 0 aliphatic rings. The minimum Gasteiger partial charge on any atom is -0.478 e. The molecule has 0 aromatic carbocycles. The van der Waals surface area contributed by atoms with Crippen molar-refractivity contribution in [2.24, 2.45) is 0 Å². The molecular formula is C15H26O5. The maximum atomic E-state index is 10.6. The summed E-state index contributed by atoms with van der Waals surface area (Å²) in [4.78, 5) is 10.6. The lowest BCUT2D eigenvalue weighted by atomic mass is 10.1. The molecule has 0 bridgehead atoms. The van der Waals surface area contributed by atoms with Crippen LogP contribution in [0.25, 0.3) is 0 Å². The van der Waals surface area contributed by atoms with E-state index in [0.29, 0.717) is 51.4 Å². The summed E-state index contributed by atoms with van der Waals surface area (Å²) in [5.74, 6) is -0.904. The fourth-order valence-corrected chi connectivity index (χ4v) is 1.36. The van der Waals surface area contributed by atoms with Gasteiger partial charge in [0, 0.05) is 12.2 Å². The summed E-state index contributed by atoms with van der Waals surface area (Å²) in [5, 5.41) is 8.72. The van der Waals surface area contributed by atoms with Crippen LogP contribution in [0.5, 0.6) is 0 Å². The number of ether oxygens (including phenoxy) is 3. The summed E-state index contributed by atoms with van der Waals surface area (Å²) in [6, 6.07) is 0. The van der Waals surface area contributed by atoms with Gasteiger partial charge in [-0.1, -0.05) is 13.0 Å². The molecule has 0 spiro atoms. The van der Waals surface area contributed by atoms with E-state index in [9.17, 15) is 4.79 Å². The van der Waals surface area contributed by atoms with Crippen molar-refractivity contribution in [2.45, 2.75) is 32.3 Å². The number of carbonyl (C=O) groups is 1. The Balaban J connectivity index is 3.93. The molecule has 0 saturated carbocycles. The second-order valence-electron chi connectivity index (χ2n) is 4.69. The molecule has 1 unspecified atom stereocenters. The summed E-state index contributed by atoms with van der Waals surface area (Å²) in [5.41, 5.74) is -0.137. The van der Waals surface area contributed by atoms with Crippen LogP contribution in [0.3, 0.4) is 0 Å². The number of aliphatic carboxylic acids is 1. The lowest BCUT2D eigenvalue weighted by Gasteiger charge is -2.28. The van der Waals surface area contributed by atoms with Crippen LogP contribution in [-0.2, 0) is 19.0 Å². The summed E-state index contributed by atoms with van der Waals surface area (Å²) in [6.45, 7) is 13.2. The highest BCUT2D eigenvalue weighted by atomic mass is 16.6. The van der Waals surface area contributed by atoms with E-state index in [2.05, 4.69) is 13.8 Å². The van der Waals surface area contributed by atoms with Gasteiger partial charge in [0.2, 0.25) is 0 Å². The van der Waals surface area contributed by atoms with Gasteiger partial charge in [-0.05, 0) is 33.6 Å². The molecular weight excluding hydrogens is 260 g/mol. The van der Waals surface area contributed by atoms with Gasteiger partial charge in [-0.25, -0.2) is 4.79 Å². The molecule has 0 fully saturated rings. The Hall–Kier alpha value is -0.910. The van der Waals surface area contributed by atoms with Gasteiger partial charge >= 0.3 is 5.97 Å². The van der Waals surface area contributed by atoms with Crippen LogP contribution in [0, 0.1) is 13.8 Å². The predicted octanol–water partition coefficient (Wildman–Crippen LogP) is 2.27. The minimum absolute atomic E-state index is 0.325. The van der Waals surface area contributed by atoms with Gasteiger partial charge < -0.3 is 19.3 Å². The van der Waals surface area contributed by atoms with Crippen molar-refractivity contribution >= 4 is 5.97 Å². The highest BCUT2D eigenvalue weighted by Gasteiger charge is 2.22. The van der Waals surface area contributed by atoms with Gasteiger partial charge in [0.05, 0.1) is 32.0 Å². The van der Waals surface area contributed by atoms with Crippen molar-refractivity contribution in [3.8, 4) is 0 Å². The van der Waals surface area contributed by atoms with E-state index in [-0.39, 0.29) is 0 Å². The highest BCUT2D eigenvalue weighted by molar-refractivity contribution is 5.85. The number of carboxylic acid groups (broad SMARTS) is 1. The van der Waals surface area contributed by atoms with E-state index in [0.717, 1.165) is 0 Å². The molecule has 0 aromatic rings. The molecule has 0 amide bonds. The van der Waals surface area contributed by atoms with Crippen LogP contribution in [0.15, 0.2) is 11.6 Å². The Morgan fingerprint density at radius 3 is 2.45 bits per heavy atom. The van der Waals surface area contributed by atoms with Crippen molar-refractivity contribution in [2.75, 3.05) is 33.0 Å². The number of hydrogen-bond donors (Lipinski definition) is 1. The first kappa shape index (κ1) is 19.1. The largest absolute Gasteiger partial charge is 0.478 e. The van der Waals surface area contributed by atoms with E-state index in [1.165, 1.54) is 0 Å². The molecule has 5 heteroatoms. The first-order valence-electron chi connectivity index (χ1n) is 6.73. The molecule has 0 aromatic heterocycles. The minimum atomic E-state index is -0.904. The van der Waals surface area contributed by atoms with Crippen LogP contribution in [0.1, 0.15) is 26.7 Å². The smallest absolute Gasteiger partial charge is 0.330 e. The molecule has 0 heterocycles. The van der Waals surface area contributed by atoms with Crippen molar-refractivity contribution < 1.29 is 24.1 Å². The highest BCUT2D eigenvalue weighted by Crippen LogP contribution is 2.16. The normalized spacial score (nSPS) is 15.1. The average molecular weight is 286 g/mol. The molecule has 0 rings (SSSR count). The van der Waals surface area contributed by atoms with Gasteiger partial charge in [-0.3, -0.25) is 0 Å². The van der Waals surface area contributed by atoms with E-state index < -0.39 is 11.6 Å². The average Bonchev–Trinajstić information content (AvgIpc) is 2.43. The standard InChI is InChI=1S/C15H26O5/c1-5-15(4,12-19-11-10-18-6-2)20-9-7-8-13(3)14(16)17/h8H,1-2,5-7,9-12H2,3-4H3,(H,16,17). The Kier molecular flexibility index (Phi) is 10.3. The zero-order valence-corrected chi connectivity index (χ0v) is 12.5. The molecule has 20 heavy (non-hydrogen) atoms. The SMILES string of the molecule is [CH2]COCCOCC(C)(C[CH2])OCCC=C(C)C(=O)O. The lowest BCUT2D eigenvalue weighted by molar-refractivity contribution is -0.132. The summed E-state index contributed by atoms with van der Waals surface area (Å²) >= 11 is 0. The molecule has 2 radical (unpaired) electrons. The molecule has 116 valence electrons. The fourth-order valence-electron chi connectivity index (χ4n) is 1.36. The first-order valence-corrected chi connectivity index (χ1v) is 6.73. The summed E-state index contributed by atoms with van der Waals surface area (Å²) < 4.78 is 16.3. The van der Waals surface area contributed by atoms with Gasteiger partial charge in [-0.2, -0.15) is 0 Å². The maximum absolute atomic E-state index is 10.6. The van der Waals surface area contributed by atoms with E-state index >= 15 is 0 Å². The third-order valence-corrected chi connectivity index (χ3v) is 2.81. The first-order chi connectivity index (χ1) is 9.45. The topological polar surface area (TPSA) is 65.0 Å². The number of carboxylic acids is 1. The number of rotatable bonds is 12. The second kappa shape index (κ2) is 10.8. The molecule has 0 saturated heterocycles. The van der Waals surface area contributed by atoms with Gasteiger partial charge in [0.25, 0.3) is 0 Å². The van der Waals surface area contributed by atoms with Gasteiger partial charge in [0.1, 0.15) is 0 Å². The van der Waals surface area contributed by atoms with Crippen molar-refractivity contribution in [3.05, 3.63) is 25.5 Å². The Bertz CT molecular complexity index is 301. The Labute approximate surface area is 121 Å². The zero-order valence-electron chi connectivity index (χ0n) is 12.5. The molecule has 0 aliphatic heterocycles. The van der Waals surface area contributed by atoms with Crippen LogP contribution in [0.4, 0.5) is 0 Å². The summed E-state index contributed by atoms with van der Waals surface area (Å²) in [6.07, 6.45) is 2.78. The van der Waals surface area contributed by atoms with Crippen LogP contribution in [0.2, 0.25) is 0 Å². The quantitative estimate of drug-likeness (QED) is 0.440. The monoisotopic (exact) mass is 286 g/mol. The Morgan fingerprint density at radius 2 is 1.90 bits per heavy atom. The third kappa shape index (κ3) is 9.07. The second-order valence-corrected chi connectivity index (χ2v) is 4.69. The fraction of sp³-hybridized carbons (Fsp3) is 0.667. The third-order valence-electron chi connectivity index (χ3n) is 2.81. The van der Waals surface area contributed by atoms with Crippen molar-refractivity contribution in [1.82, 2.24) is 0 Å². The van der Waals surface area contributed by atoms with Gasteiger partial charge in [0.15, 0.2) is 0 Å². The van der Waals surface area contributed by atoms with E-state index in [1.54, 1.807) is 13.0 Å². The molecule has 0 aliphatic carbocycles. The number of hydrogen-bond acceptors (Lipinski definition) is 4. The summed E-state index contributed by atoms with van der Waals surface area (Å²) in [7, 11) is 0. The predicted molar refractivity (Wildman–Crippen MR) is 77.3 cm³/mol. The van der Waals surface area contributed by atoms with Crippen LogP contribution < -0.4 is 0 Å². The zero-order chi connectivity index (χ0) is 15.4. The molecule has 5 nitrogen and oxygen atoms in total. The van der Waals surface area contributed by atoms with Crippen LogP contribution in [-0.4, -0.2) is 49.7 Å². The Morgan fingerprint density at radius 1 is 1.25 bits per heavy atom. The van der Waals surface area contributed by atoms with Crippen LogP contribution >= 0.6 is 0 Å². The molecule has 1 atom stereocenters. The van der Waals surface area contributed by atoms with Gasteiger partial charge in [-0.15, -0.1) is 0 Å². The van der Waals surface area contributed by atoms with E-state index in [4.69, 9.17) is 19.3 Å². The maximum Gasteiger partial charge on any atom is 0.330 e. The van der Waals surface area contributed by atoms with E-state index in [1.807, 2.05) is 6.92 Å².